The third kappa shape index (κ3) is 3.35. The SMILES string of the molecule is COC(=O)C(c1cc(C)sc1C)N1CCCNCC1. The lowest BCUT2D eigenvalue weighted by Gasteiger charge is -2.28. The van der Waals surface area contributed by atoms with Crippen LogP contribution in [-0.4, -0.2) is 44.2 Å². The maximum Gasteiger partial charge on any atom is 0.327 e. The van der Waals surface area contributed by atoms with E-state index in [1.165, 1.54) is 16.9 Å². The van der Waals surface area contributed by atoms with Gasteiger partial charge in [-0.1, -0.05) is 0 Å². The molecule has 1 aromatic heterocycles. The average molecular weight is 282 g/mol. The second-order valence-corrected chi connectivity index (χ2v) is 6.39. The minimum atomic E-state index is -0.255. The number of ether oxygens (including phenoxy) is 1. The number of carbonyl (C=O) groups is 1. The van der Waals surface area contributed by atoms with Gasteiger partial charge in [0.25, 0.3) is 0 Å². The first-order valence-corrected chi connectivity index (χ1v) is 7.54. The molecule has 2 heterocycles. The molecule has 4 nitrogen and oxygen atoms in total. The summed E-state index contributed by atoms with van der Waals surface area (Å²) >= 11 is 1.74. The summed E-state index contributed by atoms with van der Waals surface area (Å²) in [5, 5.41) is 3.37. The molecule has 19 heavy (non-hydrogen) atoms. The zero-order valence-corrected chi connectivity index (χ0v) is 12.7. The van der Waals surface area contributed by atoms with Crippen molar-refractivity contribution < 1.29 is 9.53 Å². The van der Waals surface area contributed by atoms with Gasteiger partial charge in [0.1, 0.15) is 6.04 Å². The minimum Gasteiger partial charge on any atom is -0.468 e. The van der Waals surface area contributed by atoms with E-state index in [4.69, 9.17) is 4.74 Å². The van der Waals surface area contributed by atoms with Crippen LogP contribution in [0.3, 0.4) is 0 Å². The molecule has 0 bridgehead atoms. The molecule has 1 atom stereocenters. The molecule has 2 rings (SSSR count). The number of hydrogen-bond donors (Lipinski definition) is 1. The van der Waals surface area contributed by atoms with Crippen molar-refractivity contribution >= 4 is 17.3 Å². The zero-order chi connectivity index (χ0) is 13.8. The van der Waals surface area contributed by atoms with Crippen LogP contribution in [0.2, 0.25) is 0 Å². The lowest BCUT2D eigenvalue weighted by Crippen LogP contribution is -2.37. The number of carbonyl (C=O) groups excluding carboxylic acids is 1. The summed E-state index contributed by atoms with van der Waals surface area (Å²) in [5.74, 6) is -0.150. The van der Waals surface area contributed by atoms with Crippen molar-refractivity contribution in [2.45, 2.75) is 26.3 Å². The van der Waals surface area contributed by atoms with Crippen LogP contribution in [0.25, 0.3) is 0 Å². The second kappa shape index (κ2) is 6.50. The third-order valence-corrected chi connectivity index (χ3v) is 4.52. The summed E-state index contributed by atoms with van der Waals surface area (Å²) in [4.78, 5) is 16.9. The van der Waals surface area contributed by atoms with Gasteiger partial charge in [0.15, 0.2) is 0 Å². The van der Waals surface area contributed by atoms with Crippen LogP contribution in [0.4, 0.5) is 0 Å². The summed E-state index contributed by atoms with van der Waals surface area (Å²) in [5.41, 5.74) is 1.11. The van der Waals surface area contributed by atoms with Crippen molar-refractivity contribution in [2.24, 2.45) is 0 Å². The number of thiophene rings is 1. The number of methoxy groups -OCH3 is 1. The number of esters is 1. The molecule has 0 aliphatic carbocycles. The van der Waals surface area contributed by atoms with Gasteiger partial charge in [0.2, 0.25) is 0 Å². The molecule has 1 saturated heterocycles. The Hall–Kier alpha value is -0.910. The predicted molar refractivity (Wildman–Crippen MR) is 77.6 cm³/mol. The quantitative estimate of drug-likeness (QED) is 0.860. The number of hydrogen-bond acceptors (Lipinski definition) is 5. The van der Waals surface area contributed by atoms with E-state index in [-0.39, 0.29) is 12.0 Å². The first-order chi connectivity index (χ1) is 9.13. The fourth-order valence-electron chi connectivity index (χ4n) is 2.63. The lowest BCUT2D eigenvalue weighted by molar-refractivity contribution is -0.147. The summed E-state index contributed by atoms with van der Waals surface area (Å²) in [6.45, 7) is 7.93. The Morgan fingerprint density at radius 1 is 1.42 bits per heavy atom. The second-order valence-electron chi connectivity index (χ2n) is 4.93. The maximum atomic E-state index is 12.2. The number of aryl methyl sites for hydroxylation is 2. The van der Waals surface area contributed by atoms with E-state index in [1.54, 1.807) is 11.3 Å². The monoisotopic (exact) mass is 282 g/mol. The molecular formula is C14H22N2O2S. The van der Waals surface area contributed by atoms with Gasteiger partial charge in [-0.15, -0.1) is 11.3 Å². The molecule has 1 unspecified atom stereocenters. The van der Waals surface area contributed by atoms with E-state index in [0.29, 0.717) is 0 Å². The highest BCUT2D eigenvalue weighted by Crippen LogP contribution is 2.31. The topological polar surface area (TPSA) is 41.6 Å². The van der Waals surface area contributed by atoms with Gasteiger partial charge in [0, 0.05) is 29.4 Å². The number of rotatable bonds is 3. The van der Waals surface area contributed by atoms with E-state index in [2.05, 4.69) is 30.1 Å². The molecule has 0 saturated carbocycles. The number of nitrogens with zero attached hydrogens (tertiary/aromatic N) is 1. The summed E-state index contributed by atoms with van der Waals surface area (Å²) in [7, 11) is 1.47. The highest BCUT2D eigenvalue weighted by molar-refractivity contribution is 7.12. The molecule has 5 heteroatoms. The fourth-order valence-corrected chi connectivity index (χ4v) is 3.59. The van der Waals surface area contributed by atoms with Gasteiger partial charge in [0.05, 0.1) is 7.11 Å². The van der Waals surface area contributed by atoms with Crippen molar-refractivity contribution in [3.63, 3.8) is 0 Å². The molecule has 1 fully saturated rings. The van der Waals surface area contributed by atoms with E-state index >= 15 is 0 Å². The molecule has 0 radical (unpaired) electrons. The smallest absolute Gasteiger partial charge is 0.327 e. The van der Waals surface area contributed by atoms with Crippen molar-refractivity contribution in [1.82, 2.24) is 10.2 Å². The molecule has 1 aromatic rings. The van der Waals surface area contributed by atoms with Crippen molar-refractivity contribution in [2.75, 3.05) is 33.3 Å². The fraction of sp³-hybridized carbons (Fsp3) is 0.643. The first-order valence-electron chi connectivity index (χ1n) is 6.73. The summed E-state index contributed by atoms with van der Waals surface area (Å²) in [6.07, 6.45) is 1.07. The Morgan fingerprint density at radius 3 is 2.84 bits per heavy atom. The highest BCUT2D eigenvalue weighted by Gasteiger charge is 2.31. The average Bonchev–Trinajstić information content (AvgIpc) is 2.60. The van der Waals surface area contributed by atoms with Crippen LogP contribution in [0.5, 0.6) is 0 Å². The molecule has 0 aromatic carbocycles. The Morgan fingerprint density at radius 2 is 2.21 bits per heavy atom. The molecule has 1 aliphatic rings. The minimum absolute atomic E-state index is 0.150. The van der Waals surface area contributed by atoms with Crippen molar-refractivity contribution in [3.05, 3.63) is 21.4 Å². The van der Waals surface area contributed by atoms with Crippen LogP contribution >= 0.6 is 11.3 Å². The Balaban J connectivity index is 2.29. The summed E-state index contributed by atoms with van der Waals surface area (Å²) in [6, 6.07) is 1.87. The van der Waals surface area contributed by atoms with Crippen LogP contribution in [0.1, 0.15) is 27.8 Å². The van der Waals surface area contributed by atoms with Crippen LogP contribution in [0, 0.1) is 13.8 Å². The molecule has 1 aliphatic heterocycles. The van der Waals surface area contributed by atoms with Crippen molar-refractivity contribution in [3.8, 4) is 0 Å². The molecule has 106 valence electrons. The third-order valence-electron chi connectivity index (χ3n) is 3.54. The molecule has 0 amide bonds. The van der Waals surface area contributed by atoms with Crippen LogP contribution < -0.4 is 5.32 Å². The van der Waals surface area contributed by atoms with Gasteiger partial charge in [-0.3, -0.25) is 4.90 Å². The zero-order valence-electron chi connectivity index (χ0n) is 11.9. The largest absolute Gasteiger partial charge is 0.468 e. The lowest BCUT2D eigenvalue weighted by atomic mass is 10.1. The van der Waals surface area contributed by atoms with Gasteiger partial charge >= 0.3 is 5.97 Å². The standard InChI is InChI=1S/C14H22N2O2S/c1-10-9-12(11(2)19-10)13(14(17)18-3)16-7-4-5-15-6-8-16/h9,13,15H,4-8H2,1-3H3. The Bertz CT molecular complexity index is 437. The van der Waals surface area contributed by atoms with Crippen LogP contribution in [-0.2, 0) is 9.53 Å². The number of nitrogens with one attached hydrogen (secondary N) is 1. The van der Waals surface area contributed by atoms with Crippen LogP contribution in [0.15, 0.2) is 6.07 Å². The Labute approximate surface area is 118 Å². The van der Waals surface area contributed by atoms with Crippen molar-refractivity contribution in [1.29, 1.82) is 0 Å². The molecule has 1 N–H and O–H groups in total. The van der Waals surface area contributed by atoms with E-state index in [0.717, 1.165) is 38.2 Å². The first kappa shape index (κ1) is 14.5. The van der Waals surface area contributed by atoms with Gasteiger partial charge in [-0.2, -0.15) is 0 Å². The predicted octanol–water partition coefficient (Wildman–Crippen LogP) is 1.87. The van der Waals surface area contributed by atoms with E-state index in [9.17, 15) is 4.79 Å². The van der Waals surface area contributed by atoms with Gasteiger partial charge in [-0.05, 0) is 38.4 Å². The molecular weight excluding hydrogens is 260 g/mol. The van der Waals surface area contributed by atoms with E-state index < -0.39 is 0 Å². The van der Waals surface area contributed by atoms with E-state index in [1.807, 2.05) is 0 Å². The highest BCUT2D eigenvalue weighted by atomic mass is 32.1. The van der Waals surface area contributed by atoms with Gasteiger partial charge in [-0.25, -0.2) is 4.79 Å². The summed E-state index contributed by atoms with van der Waals surface area (Å²) < 4.78 is 5.03. The Kier molecular flexibility index (Phi) is 4.96. The maximum absolute atomic E-state index is 12.2. The normalized spacial score (nSPS) is 18.9. The molecule has 0 spiro atoms. The van der Waals surface area contributed by atoms with Gasteiger partial charge < -0.3 is 10.1 Å².